The van der Waals surface area contributed by atoms with E-state index >= 15 is 0 Å². The fourth-order valence-electron chi connectivity index (χ4n) is 4.35. The number of rotatable bonds is 5. The maximum absolute atomic E-state index is 13.8. The van der Waals surface area contributed by atoms with Gasteiger partial charge in [-0.25, -0.2) is 9.18 Å². The van der Waals surface area contributed by atoms with E-state index in [1.165, 1.54) is 19.2 Å². The number of carbonyl (C=O) groups excluding carboxylic acids is 1. The first-order valence-corrected chi connectivity index (χ1v) is 10.3. The standard InChI is InChI=1S/C25H27FN2O3/c1-15-13-25(2,3)28-20-10-9-17(18-8-7-16(26)12-22(18)30-4)19(23(15)20)14-31-24(29)21-6-5-11-27-21/h5,7-13,21,27-28H,6,14H2,1-4H3. The Morgan fingerprint density at radius 3 is 2.71 bits per heavy atom. The smallest absolute Gasteiger partial charge is 0.329 e. The summed E-state index contributed by atoms with van der Waals surface area (Å²) < 4.78 is 25.0. The number of allylic oxidation sites excluding steroid dienone is 1. The summed E-state index contributed by atoms with van der Waals surface area (Å²) in [4.78, 5) is 12.6. The number of carbonyl (C=O) groups is 1. The van der Waals surface area contributed by atoms with Crippen molar-refractivity contribution in [3.8, 4) is 16.9 Å². The van der Waals surface area contributed by atoms with Crippen LogP contribution < -0.4 is 15.4 Å². The number of benzene rings is 2. The molecule has 2 aliphatic heterocycles. The highest BCUT2D eigenvalue weighted by Gasteiger charge is 2.28. The monoisotopic (exact) mass is 422 g/mol. The molecule has 0 saturated carbocycles. The molecule has 6 heteroatoms. The number of methoxy groups -OCH3 is 1. The molecule has 1 unspecified atom stereocenters. The van der Waals surface area contributed by atoms with Crippen LogP contribution in [0, 0.1) is 5.82 Å². The van der Waals surface area contributed by atoms with E-state index in [1.807, 2.05) is 18.2 Å². The molecule has 5 nitrogen and oxygen atoms in total. The highest BCUT2D eigenvalue weighted by Crippen LogP contribution is 2.42. The van der Waals surface area contributed by atoms with Gasteiger partial charge in [0, 0.05) is 28.4 Å². The number of esters is 1. The van der Waals surface area contributed by atoms with Crippen LogP contribution in [-0.4, -0.2) is 24.7 Å². The lowest BCUT2D eigenvalue weighted by molar-refractivity contribution is -0.146. The number of nitrogens with one attached hydrogen (secondary N) is 2. The second kappa shape index (κ2) is 8.10. The van der Waals surface area contributed by atoms with Crippen molar-refractivity contribution in [2.75, 3.05) is 12.4 Å². The average Bonchev–Trinajstić information content (AvgIpc) is 3.25. The van der Waals surface area contributed by atoms with Crippen LogP contribution in [0.4, 0.5) is 10.1 Å². The molecule has 2 aromatic rings. The number of anilines is 1. The van der Waals surface area contributed by atoms with E-state index in [0.29, 0.717) is 12.2 Å². The molecule has 0 spiro atoms. The first-order valence-electron chi connectivity index (χ1n) is 10.3. The van der Waals surface area contributed by atoms with Crippen molar-refractivity contribution < 1.29 is 18.7 Å². The van der Waals surface area contributed by atoms with Gasteiger partial charge in [0.25, 0.3) is 0 Å². The van der Waals surface area contributed by atoms with Crippen LogP contribution >= 0.6 is 0 Å². The van der Waals surface area contributed by atoms with Crippen molar-refractivity contribution in [2.45, 2.75) is 45.4 Å². The summed E-state index contributed by atoms with van der Waals surface area (Å²) in [6.07, 6.45) is 6.45. The normalized spacial score (nSPS) is 18.5. The van der Waals surface area contributed by atoms with Gasteiger partial charge in [-0.05, 0) is 62.7 Å². The Balaban J connectivity index is 1.80. The minimum atomic E-state index is -0.370. The second-order valence-electron chi connectivity index (χ2n) is 8.50. The maximum Gasteiger partial charge on any atom is 0.329 e. The molecule has 2 aromatic carbocycles. The molecule has 0 amide bonds. The lowest BCUT2D eigenvalue weighted by Gasteiger charge is -2.33. The lowest BCUT2D eigenvalue weighted by Crippen LogP contribution is -2.32. The Labute approximate surface area is 181 Å². The third-order valence-electron chi connectivity index (χ3n) is 5.63. The minimum Gasteiger partial charge on any atom is -0.496 e. The molecule has 0 radical (unpaired) electrons. The number of fused-ring (bicyclic) bond motifs is 1. The van der Waals surface area contributed by atoms with E-state index in [2.05, 4.69) is 37.5 Å². The summed E-state index contributed by atoms with van der Waals surface area (Å²) in [5.41, 5.74) is 5.31. The van der Waals surface area contributed by atoms with E-state index in [1.54, 1.807) is 12.3 Å². The zero-order valence-corrected chi connectivity index (χ0v) is 18.2. The number of hydrogen-bond donors (Lipinski definition) is 2. The molecule has 2 N–H and O–H groups in total. The second-order valence-corrected chi connectivity index (χ2v) is 8.50. The van der Waals surface area contributed by atoms with Crippen molar-refractivity contribution in [3.63, 3.8) is 0 Å². The van der Waals surface area contributed by atoms with Gasteiger partial charge in [0.1, 0.15) is 24.2 Å². The third-order valence-corrected chi connectivity index (χ3v) is 5.63. The van der Waals surface area contributed by atoms with Gasteiger partial charge in [0.05, 0.1) is 12.6 Å². The van der Waals surface area contributed by atoms with Gasteiger partial charge in [-0.1, -0.05) is 18.2 Å². The van der Waals surface area contributed by atoms with Gasteiger partial charge in [-0.2, -0.15) is 0 Å². The first-order chi connectivity index (χ1) is 14.8. The summed E-state index contributed by atoms with van der Waals surface area (Å²) in [6.45, 7) is 6.37. The van der Waals surface area contributed by atoms with Crippen LogP contribution in [-0.2, 0) is 16.1 Å². The first kappa shape index (κ1) is 21.0. The highest BCUT2D eigenvalue weighted by molar-refractivity contribution is 5.88. The number of hydrogen-bond acceptors (Lipinski definition) is 5. The molecular weight excluding hydrogens is 395 g/mol. The number of ether oxygens (including phenoxy) is 2. The zero-order valence-electron chi connectivity index (χ0n) is 18.2. The van der Waals surface area contributed by atoms with Gasteiger partial charge in [0.15, 0.2) is 0 Å². The van der Waals surface area contributed by atoms with Crippen LogP contribution in [0.25, 0.3) is 16.7 Å². The van der Waals surface area contributed by atoms with Gasteiger partial charge >= 0.3 is 5.97 Å². The molecular formula is C25H27FN2O3. The summed E-state index contributed by atoms with van der Waals surface area (Å²) in [5.74, 6) is -0.240. The molecule has 1 atom stereocenters. The molecule has 162 valence electrons. The molecule has 4 rings (SSSR count). The Morgan fingerprint density at radius 1 is 1.23 bits per heavy atom. The quantitative estimate of drug-likeness (QED) is 0.662. The van der Waals surface area contributed by atoms with E-state index in [9.17, 15) is 9.18 Å². The van der Waals surface area contributed by atoms with Crippen molar-refractivity contribution in [1.82, 2.24) is 5.32 Å². The predicted molar refractivity (Wildman–Crippen MR) is 120 cm³/mol. The van der Waals surface area contributed by atoms with Crippen molar-refractivity contribution in [3.05, 3.63) is 65.6 Å². The van der Waals surface area contributed by atoms with E-state index in [0.717, 1.165) is 33.5 Å². The zero-order chi connectivity index (χ0) is 22.2. The largest absolute Gasteiger partial charge is 0.496 e. The third kappa shape index (κ3) is 4.15. The van der Waals surface area contributed by atoms with Crippen LogP contribution in [0.3, 0.4) is 0 Å². The Bertz CT molecular complexity index is 1080. The van der Waals surface area contributed by atoms with E-state index in [4.69, 9.17) is 9.47 Å². The molecule has 0 aromatic heterocycles. The van der Waals surface area contributed by atoms with Crippen molar-refractivity contribution >= 4 is 17.2 Å². The Morgan fingerprint density at radius 2 is 2.00 bits per heavy atom. The topological polar surface area (TPSA) is 59.6 Å². The minimum absolute atomic E-state index is 0.101. The summed E-state index contributed by atoms with van der Waals surface area (Å²) in [5, 5.41) is 6.54. The summed E-state index contributed by atoms with van der Waals surface area (Å²) in [6, 6.07) is 8.09. The van der Waals surface area contributed by atoms with Crippen molar-refractivity contribution in [1.29, 1.82) is 0 Å². The maximum atomic E-state index is 13.8. The van der Waals surface area contributed by atoms with Gasteiger partial charge < -0.3 is 20.1 Å². The molecule has 0 aliphatic carbocycles. The molecule has 2 heterocycles. The van der Waals surface area contributed by atoms with E-state index in [-0.39, 0.29) is 30.0 Å². The Hall–Kier alpha value is -3.28. The fraction of sp³-hybridized carbons (Fsp3) is 0.320. The summed E-state index contributed by atoms with van der Waals surface area (Å²) in [7, 11) is 1.52. The van der Waals surface area contributed by atoms with Gasteiger partial charge in [-0.15, -0.1) is 0 Å². The van der Waals surface area contributed by atoms with Gasteiger partial charge in [-0.3, -0.25) is 0 Å². The SMILES string of the molecule is COc1cc(F)ccc1-c1ccc2c(c1COC(=O)C1CC=CN1)C(C)=CC(C)(C)N2. The fourth-order valence-corrected chi connectivity index (χ4v) is 4.35. The molecule has 2 aliphatic rings. The molecule has 0 bridgehead atoms. The highest BCUT2D eigenvalue weighted by atomic mass is 19.1. The van der Waals surface area contributed by atoms with Gasteiger partial charge in [0.2, 0.25) is 0 Å². The van der Waals surface area contributed by atoms with Crippen LogP contribution in [0.1, 0.15) is 38.3 Å². The molecule has 0 fully saturated rings. The van der Waals surface area contributed by atoms with Crippen LogP contribution in [0.5, 0.6) is 5.75 Å². The van der Waals surface area contributed by atoms with Crippen LogP contribution in [0.15, 0.2) is 48.7 Å². The van der Waals surface area contributed by atoms with E-state index < -0.39 is 0 Å². The number of halogens is 1. The average molecular weight is 423 g/mol. The Kier molecular flexibility index (Phi) is 5.48. The predicted octanol–water partition coefficient (Wildman–Crippen LogP) is 5.03. The van der Waals surface area contributed by atoms with Crippen LogP contribution in [0.2, 0.25) is 0 Å². The molecule has 31 heavy (non-hydrogen) atoms. The summed E-state index contributed by atoms with van der Waals surface area (Å²) >= 11 is 0. The molecule has 0 saturated heterocycles. The van der Waals surface area contributed by atoms with Crippen molar-refractivity contribution in [2.24, 2.45) is 0 Å². The lowest BCUT2D eigenvalue weighted by atomic mass is 9.85.